The quantitative estimate of drug-likeness (QED) is 0.947. The Bertz CT molecular complexity index is 609. The molecule has 110 valence electrons. The van der Waals surface area contributed by atoms with Crippen LogP contribution in [0.15, 0.2) is 42.5 Å². The van der Waals surface area contributed by atoms with Crippen LogP contribution in [-0.4, -0.2) is 36.1 Å². The van der Waals surface area contributed by atoms with Crippen LogP contribution in [0.1, 0.15) is 5.69 Å². The van der Waals surface area contributed by atoms with Gasteiger partial charge in [0.2, 0.25) is 0 Å². The molecule has 2 aromatic rings. The molecule has 5 heteroatoms. The standard InChI is InChI=1S/C16H19ClN4/c17-13-3-1-5-15(11-13)21-9-7-20(8-10-21)12-14-4-2-6-16(18)19-14/h1-6,11H,7-10,12H2,(H2,18,19). The van der Waals surface area contributed by atoms with Gasteiger partial charge in [-0.25, -0.2) is 4.98 Å². The highest BCUT2D eigenvalue weighted by Crippen LogP contribution is 2.21. The molecule has 2 N–H and O–H groups in total. The molecule has 1 aromatic carbocycles. The van der Waals surface area contributed by atoms with Gasteiger partial charge in [-0.05, 0) is 30.3 Å². The van der Waals surface area contributed by atoms with Gasteiger partial charge in [0.05, 0.1) is 5.69 Å². The van der Waals surface area contributed by atoms with Crippen molar-refractivity contribution in [1.82, 2.24) is 9.88 Å². The summed E-state index contributed by atoms with van der Waals surface area (Å²) in [7, 11) is 0. The number of benzene rings is 1. The van der Waals surface area contributed by atoms with Gasteiger partial charge in [-0.1, -0.05) is 23.7 Å². The fraction of sp³-hybridized carbons (Fsp3) is 0.312. The molecule has 3 rings (SSSR count). The number of halogens is 1. The minimum Gasteiger partial charge on any atom is -0.384 e. The third-order valence-electron chi connectivity index (χ3n) is 3.76. The summed E-state index contributed by atoms with van der Waals surface area (Å²) >= 11 is 6.06. The maximum Gasteiger partial charge on any atom is 0.123 e. The molecule has 1 aromatic heterocycles. The second-order valence-corrected chi connectivity index (χ2v) is 5.73. The minimum atomic E-state index is 0.588. The Morgan fingerprint density at radius 3 is 2.52 bits per heavy atom. The first-order chi connectivity index (χ1) is 10.2. The van der Waals surface area contributed by atoms with Crippen molar-refractivity contribution in [2.45, 2.75) is 6.54 Å². The highest BCUT2D eigenvalue weighted by atomic mass is 35.5. The third-order valence-corrected chi connectivity index (χ3v) is 3.99. The molecule has 21 heavy (non-hydrogen) atoms. The smallest absolute Gasteiger partial charge is 0.123 e. The molecule has 1 aliphatic rings. The van der Waals surface area contributed by atoms with Gasteiger partial charge < -0.3 is 10.6 Å². The van der Waals surface area contributed by atoms with Gasteiger partial charge in [0, 0.05) is 43.4 Å². The zero-order valence-corrected chi connectivity index (χ0v) is 12.6. The van der Waals surface area contributed by atoms with E-state index in [-0.39, 0.29) is 0 Å². The molecular weight excluding hydrogens is 284 g/mol. The summed E-state index contributed by atoms with van der Waals surface area (Å²) in [5, 5.41) is 0.791. The van der Waals surface area contributed by atoms with Crippen LogP contribution in [0.4, 0.5) is 11.5 Å². The number of hydrogen-bond acceptors (Lipinski definition) is 4. The molecule has 0 radical (unpaired) electrons. The molecule has 1 fully saturated rings. The molecule has 4 nitrogen and oxygen atoms in total. The Balaban J connectivity index is 1.58. The Labute approximate surface area is 130 Å². The van der Waals surface area contributed by atoms with Gasteiger partial charge in [0.25, 0.3) is 0 Å². The molecule has 0 amide bonds. The summed E-state index contributed by atoms with van der Waals surface area (Å²) in [5.41, 5.74) is 7.96. The summed E-state index contributed by atoms with van der Waals surface area (Å²) in [4.78, 5) is 9.14. The molecule has 2 heterocycles. The van der Waals surface area contributed by atoms with Crippen molar-refractivity contribution in [3.63, 3.8) is 0 Å². The number of anilines is 2. The average molecular weight is 303 g/mol. The van der Waals surface area contributed by atoms with E-state index in [0.717, 1.165) is 43.4 Å². The normalized spacial score (nSPS) is 16.1. The van der Waals surface area contributed by atoms with Crippen LogP contribution >= 0.6 is 11.6 Å². The highest BCUT2D eigenvalue weighted by Gasteiger charge is 2.17. The number of hydrogen-bond donors (Lipinski definition) is 1. The Morgan fingerprint density at radius 2 is 1.81 bits per heavy atom. The van der Waals surface area contributed by atoms with Crippen molar-refractivity contribution in [2.24, 2.45) is 0 Å². The van der Waals surface area contributed by atoms with Crippen molar-refractivity contribution in [3.05, 3.63) is 53.2 Å². The molecule has 0 unspecified atom stereocenters. The zero-order valence-electron chi connectivity index (χ0n) is 11.9. The van der Waals surface area contributed by atoms with E-state index >= 15 is 0 Å². The van der Waals surface area contributed by atoms with Crippen LogP contribution in [0, 0.1) is 0 Å². The maximum absolute atomic E-state index is 6.06. The van der Waals surface area contributed by atoms with E-state index < -0.39 is 0 Å². The molecule has 0 atom stereocenters. The molecular formula is C16H19ClN4. The number of aromatic nitrogens is 1. The lowest BCUT2D eigenvalue weighted by Crippen LogP contribution is -2.46. The average Bonchev–Trinajstić information content (AvgIpc) is 2.48. The van der Waals surface area contributed by atoms with E-state index in [9.17, 15) is 0 Å². The summed E-state index contributed by atoms with van der Waals surface area (Å²) in [6.07, 6.45) is 0. The fourth-order valence-corrected chi connectivity index (χ4v) is 2.84. The lowest BCUT2D eigenvalue weighted by atomic mass is 10.2. The Morgan fingerprint density at radius 1 is 1.05 bits per heavy atom. The first kappa shape index (κ1) is 14.2. The van der Waals surface area contributed by atoms with E-state index in [0.29, 0.717) is 5.82 Å². The van der Waals surface area contributed by atoms with Crippen LogP contribution in [0.5, 0.6) is 0 Å². The molecule has 1 aliphatic heterocycles. The zero-order chi connectivity index (χ0) is 14.7. The number of nitrogens with zero attached hydrogens (tertiary/aromatic N) is 3. The first-order valence-electron chi connectivity index (χ1n) is 7.15. The third kappa shape index (κ3) is 3.65. The van der Waals surface area contributed by atoms with E-state index in [1.165, 1.54) is 5.69 Å². The lowest BCUT2D eigenvalue weighted by Gasteiger charge is -2.36. The molecule has 0 aliphatic carbocycles. The van der Waals surface area contributed by atoms with E-state index in [2.05, 4.69) is 20.9 Å². The number of nitrogen functional groups attached to an aromatic ring is 1. The van der Waals surface area contributed by atoms with Gasteiger partial charge >= 0.3 is 0 Å². The van der Waals surface area contributed by atoms with Crippen LogP contribution in [-0.2, 0) is 6.54 Å². The fourth-order valence-electron chi connectivity index (χ4n) is 2.65. The molecule has 0 saturated carbocycles. The second kappa shape index (κ2) is 6.33. The topological polar surface area (TPSA) is 45.4 Å². The van der Waals surface area contributed by atoms with E-state index in [1.807, 2.05) is 36.4 Å². The van der Waals surface area contributed by atoms with Gasteiger partial charge in [-0.3, -0.25) is 4.90 Å². The summed E-state index contributed by atoms with van der Waals surface area (Å²) in [6.45, 7) is 4.89. The van der Waals surface area contributed by atoms with E-state index in [4.69, 9.17) is 17.3 Å². The monoisotopic (exact) mass is 302 g/mol. The predicted molar refractivity (Wildman–Crippen MR) is 87.6 cm³/mol. The van der Waals surface area contributed by atoms with Crippen LogP contribution in [0.2, 0.25) is 5.02 Å². The van der Waals surface area contributed by atoms with Crippen LogP contribution in [0.3, 0.4) is 0 Å². The van der Waals surface area contributed by atoms with E-state index in [1.54, 1.807) is 0 Å². The summed E-state index contributed by atoms with van der Waals surface area (Å²) < 4.78 is 0. The largest absolute Gasteiger partial charge is 0.384 e. The molecule has 0 spiro atoms. The highest BCUT2D eigenvalue weighted by molar-refractivity contribution is 6.30. The minimum absolute atomic E-state index is 0.588. The number of nitrogens with two attached hydrogens (primary N) is 1. The van der Waals surface area contributed by atoms with Crippen LogP contribution in [0.25, 0.3) is 0 Å². The SMILES string of the molecule is Nc1cccc(CN2CCN(c3cccc(Cl)c3)CC2)n1. The molecule has 0 bridgehead atoms. The Hall–Kier alpha value is -1.78. The Kier molecular flexibility index (Phi) is 4.27. The summed E-state index contributed by atoms with van der Waals surface area (Å²) in [5.74, 6) is 0.588. The van der Waals surface area contributed by atoms with Crippen LogP contribution < -0.4 is 10.6 Å². The maximum atomic E-state index is 6.06. The van der Waals surface area contributed by atoms with Gasteiger partial charge in [0.15, 0.2) is 0 Å². The molecule has 1 saturated heterocycles. The van der Waals surface area contributed by atoms with Crippen molar-refractivity contribution >= 4 is 23.1 Å². The number of pyridine rings is 1. The van der Waals surface area contributed by atoms with Gasteiger partial charge in [0.1, 0.15) is 5.82 Å². The van der Waals surface area contributed by atoms with Crippen molar-refractivity contribution < 1.29 is 0 Å². The number of rotatable bonds is 3. The van der Waals surface area contributed by atoms with Crippen molar-refractivity contribution in [2.75, 3.05) is 36.8 Å². The first-order valence-corrected chi connectivity index (χ1v) is 7.53. The van der Waals surface area contributed by atoms with Gasteiger partial charge in [-0.2, -0.15) is 0 Å². The van der Waals surface area contributed by atoms with Gasteiger partial charge in [-0.15, -0.1) is 0 Å². The second-order valence-electron chi connectivity index (χ2n) is 5.30. The van der Waals surface area contributed by atoms with Crippen molar-refractivity contribution in [1.29, 1.82) is 0 Å². The predicted octanol–water partition coefficient (Wildman–Crippen LogP) is 2.64. The summed E-state index contributed by atoms with van der Waals surface area (Å²) in [6, 6.07) is 13.9. The lowest BCUT2D eigenvalue weighted by molar-refractivity contribution is 0.247. The van der Waals surface area contributed by atoms with Crippen molar-refractivity contribution in [3.8, 4) is 0 Å². The number of piperazine rings is 1.